The molecule has 9 nitrogen and oxygen atoms in total. The second-order valence-electron chi connectivity index (χ2n) is 8.88. The summed E-state index contributed by atoms with van der Waals surface area (Å²) in [5.74, 6) is -0.949. The number of carbonyl (C=O) groups excluding carboxylic acids is 2. The van der Waals surface area contributed by atoms with E-state index in [2.05, 4.69) is 0 Å². The maximum atomic E-state index is 13.0. The van der Waals surface area contributed by atoms with E-state index in [9.17, 15) is 24.8 Å². The Labute approximate surface area is 198 Å². The number of nitro benzene ring substituents is 1. The predicted molar refractivity (Wildman–Crippen MR) is 127 cm³/mol. The minimum atomic E-state index is -0.947. The highest BCUT2D eigenvalue weighted by Gasteiger charge is 2.46. The zero-order valence-electron chi connectivity index (χ0n) is 19.7. The number of amides is 1. The third-order valence-corrected chi connectivity index (χ3v) is 5.44. The molecule has 9 heteroatoms. The Bertz CT molecular complexity index is 1110. The highest BCUT2D eigenvalue weighted by atomic mass is 16.6. The molecule has 0 aliphatic carbocycles. The van der Waals surface area contributed by atoms with Crippen LogP contribution >= 0.6 is 0 Å². The van der Waals surface area contributed by atoms with Gasteiger partial charge in [0, 0.05) is 30.8 Å². The number of Topliss-reactive ketones (excluding diaryl/α,β-unsaturated/α-hetero) is 1. The first-order valence-corrected chi connectivity index (χ1v) is 11.0. The van der Waals surface area contributed by atoms with Gasteiger partial charge in [-0.3, -0.25) is 19.7 Å². The molecule has 1 heterocycles. The van der Waals surface area contributed by atoms with Gasteiger partial charge in [0.1, 0.15) is 11.5 Å². The minimum Gasteiger partial charge on any atom is -0.507 e. The fraction of sp³-hybridized carbons (Fsp3) is 0.360. The summed E-state index contributed by atoms with van der Waals surface area (Å²) >= 11 is 0. The number of nitro groups is 1. The highest BCUT2D eigenvalue weighted by Crippen LogP contribution is 2.40. The third-order valence-electron chi connectivity index (χ3n) is 5.44. The first-order chi connectivity index (χ1) is 16.1. The zero-order valence-corrected chi connectivity index (χ0v) is 19.7. The zero-order chi connectivity index (χ0) is 25.0. The van der Waals surface area contributed by atoms with Crippen LogP contribution in [-0.4, -0.2) is 65.3 Å². The molecular weight excluding hydrogens is 438 g/mol. The van der Waals surface area contributed by atoms with Gasteiger partial charge in [-0.15, -0.1) is 0 Å². The largest absolute Gasteiger partial charge is 0.507 e. The van der Waals surface area contributed by atoms with Crippen molar-refractivity contribution in [3.05, 3.63) is 75.3 Å². The molecule has 1 aliphatic heterocycles. The molecule has 1 atom stereocenters. The number of hydrogen-bond donors (Lipinski definition) is 1. The number of rotatable bonds is 9. The van der Waals surface area contributed by atoms with Gasteiger partial charge < -0.3 is 19.6 Å². The van der Waals surface area contributed by atoms with Crippen LogP contribution in [0.3, 0.4) is 0 Å². The van der Waals surface area contributed by atoms with E-state index in [0.29, 0.717) is 35.9 Å². The molecule has 0 radical (unpaired) electrons. The number of likely N-dealkylation sites (N-methyl/N-ethyl adjacent to an activating group) is 1. The van der Waals surface area contributed by atoms with E-state index in [4.69, 9.17) is 4.74 Å². The van der Waals surface area contributed by atoms with Crippen molar-refractivity contribution >= 4 is 23.1 Å². The topological polar surface area (TPSA) is 113 Å². The summed E-state index contributed by atoms with van der Waals surface area (Å²) in [5, 5.41) is 22.5. The number of benzene rings is 2. The Balaban J connectivity index is 2.07. The van der Waals surface area contributed by atoms with Crippen molar-refractivity contribution in [2.24, 2.45) is 5.92 Å². The second-order valence-corrected chi connectivity index (χ2v) is 8.88. The fourth-order valence-electron chi connectivity index (χ4n) is 3.70. The van der Waals surface area contributed by atoms with E-state index in [1.165, 1.54) is 23.1 Å². The number of ketones is 1. The summed E-state index contributed by atoms with van der Waals surface area (Å²) in [4.78, 5) is 40.0. The van der Waals surface area contributed by atoms with Crippen LogP contribution in [0.4, 0.5) is 5.69 Å². The quantitative estimate of drug-likeness (QED) is 0.197. The molecule has 0 saturated carbocycles. The predicted octanol–water partition coefficient (Wildman–Crippen LogP) is 3.61. The summed E-state index contributed by atoms with van der Waals surface area (Å²) in [6, 6.07) is 11.4. The van der Waals surface area contributed by atoms with Gasteiger partial charge in [0.15, 0.2) is 0 Å². The number of likely N-dealkylation sites (tertiary alicyclic amines) is 1. The number of aliphatic hydroxyl groups is 1. The van der Waals surface area contributed by atoms with Crippen molar-refractivity contribution < 1.29 is 24.4 Å². The number of non-ortho nitro benzene ring substituents is 1. The monoisotopic (exact) mass is 467 g/mol. The molecule has 0 bridgehead atoms. The molecule has 0 unspecified atom stereocenters. The molecule has 2 aromatic rings. The van der Waals surface area contributed by atoms with Gasteiger partial charge in [0.2, 0.25) is 0 Å². The number of aliphatic hydroxyl groups excluding tert-OH is 1. The molecule has 1 fully saturated rings. The van der Waals surface area contributed by atoms with Gasteiger partial charge in [-0.1, -0.05) is 26.0 Å². The van der Waals surface area contributed by atoms with Crippen LogP contribution in [0.1, 0.15) is 31.0 Å². The van der Waals surface area contributed by atoms with Crippen molar-refractivity contribution in [3.63, 3.8) is 0 Å². The Morgan fingerprint density at radius 2 is 1.85 bits per heavy atom. The van der Waals surface area contributed by atoms with E-state index < -0.39 is 22.7 Å². The summed E-state index contributed by atoms with van der Waals surface area (Å²) in [5.41, 5.74) is 0.464. The number of nitrogens with zero attached hydrogens (tertiary/aromatic N) is 3. The molecule has 0 spiro atoms. The molecule has 0 aromatic heterocycles. The van der Waals surface area contributed by atoms with Crippen molar-refractivity contribution in [2.45, 2.75) is 19.9 Å². The molecular formula is C25H29N3O6. The maximum Gasteiger partial charge on any atom is 0.295 e. The third kappa shape index (κ3) is 5.43. The van der Waals surface area contributed by atoms with Gasteiger partial charge in [0.25, 0.3) is 17.4 Å². The van der Waals surface area contributed by atoms with Crippen molar-refractivity contribution in [1.29, 1.82) is 0 Å². The average Bonchev–Trinajstić information content (AvgIpc) is 3.06. The normalized spacial score (nSPS) is 17.6. The van der Waals surface area contributed by atoms with Crippen molar-refractivity contribution in [3.8, 4) is 5.75 Å². The van der Waals surface area contributed by atoms with Gasteiger partial charge in [-0.05, 0) is 49.8 Å². The van der Waals surface area contributed by atoms with E-state index in [0.717, 1.165) is 0 Å². The smallest absolute Gasteiger partial charge is 0.295 e. The molecule has 2 aromatic carbocycles. The second kappa shape index (κ2) is 10.5. The lowest BCUT2D eigenvalue weighted by molar-refractivity contribution is -0.384. The van der Waals surface area contributed by atoms with Crippen LogP contribution in [0.25, 0.3) is 5.76 Å². The van der Waals surface area contributed by atoms with Crippen LogP contribution in [-0.2, 0) is 9.59 Å². The van der Waals surface area contributed by atoms with Crippen LogP contribution in [0, 0.1) is 16.0 Å². The molecule has 34 heavy (non-hydrogen) atoms. The lowest BCUT2D eigenvalue weighted by atomic mass is 9.95. The average molecular weight is 468 g/mol. The van der Waals surface area contributed by atoms with Crippen LogP contribution in [0.15, 0.2) is 54.1 Å². The van der Waals surface area contributed by atoms with E-state index >= 15 is 0 Å². The Morgan fingerprint density at radius 3 is 2.44 bits per heavy atom. The summed E-state index contributed by atoms with van der Waals surface area (Å²) in [6.45, 7) is 5.28. The first-order valence-electron chi connectivity index (χ1n) is 11.0. The van der Waals surface area contributed by atoms with Gasteiger partial charge >= 0.3 is 0 Å². The number of carbonyl (C=O) groups is 2. The minimum absolute atomic E-state index is 0.0971. The summed E-state index contributed by atoms with van der Waals surface area (Å²) in [7, 11) is 3.67. The Kier molecular flexibility index (Phi) is 7.68. The lowest BCUT2D eigenvalue weighted by Crippen LogP contribution is -2.35. The van der Waals surface area contributed by atoms with Crippen LogP contribution in [0.5, 0.6) is 5.75 Å². The highest BCUT2D eigenvalue weighted by molar-refractivity contribution is 6.46. The lowest BCUT2D eigenvalue weighted by Gasteiger charge is -2.26. The number of hydrogen-bond acceptors (Lipinski definition) is 7. The maximum absolute atomic E-state index is 13.0. The summed E-state index contributed by atoms with van der Waals surface area (Å²) in [6.07, 6.45) is 0. The first kappa shape index (κ1) is 24.9. The van der Waals surface area contributed by atoms with Crippen LogP contribution < -0.4 is 4.74 Å². The molecule has 180 valence electrons. The standard InChI is InChI=1S/C25H29N3O6/c1-16(2)15-34-20-10-8-17(9-11-20)23(29)21-22(18-6-5-7-19(14-18)28(32)33)27(13-12-26(3)4)25(31)24(21)30/h5-11,14,16,22,29H,12-13,15H2,1-4H3/t22-/m0/s1. The number of ether oxygens (including phenoxy) is 1. The van der Waals surface area contributed by atoms with E-state index in [1.54, 1.807) is 30.3 Å². The van der Waals surface area contributed by atoms with E-state index in [-0.39, 0.29) is 23.6 Å². The van der Waals surface area contributed by atoms with Crippen LogP contribution in [0.2, 0.25) is 0 Å². The van der Waals surface area contributed by atoms with Gasteiger partial charge in [0.05, 0.1) is 23.1 Å². The van der Waals surface area contributed by atoms with E-state index in [1.807, 2.05) is 32.8 Å². The van der Waals surface area contributed by atoms with Gasteiger partial charge in [-0.2, -0.15) is 0 Å². The Morgan fingerprint density at radius 1 is 1.18 bits per heavy atom. The molecule has 1 N–H and O–H groups in total. The fourth-order valence-corrected chi connectivity index (χ4v) is 3.70. The van der Waals surface area contributed by atoms with Crippen molar-refractivity contribution in [2.75, 3.05) is 33.8 Å². The molecule has 1 aliphatic rings. The van der Waals surface area contributed by atoms with Gasteiger partial charge in [-0.25, -0.2) is 0 Å². The van der Waals surface area contributed by atoms with Crippen molar-refractivity contribution in [1.82, 2.24) is 9.80 Å². The summed E-state index contributed by atoms with van der Waals surface area (Å²) < 4.78 is 5.67. The molecule has 3 rings (SSSR count). The molecule has 1 amide bonds. The Hall–Kier alpha value is -3.72. The molecule has 1 saturated heterocycles. The SMILES string of the molecule is CC(C)COc1ccc(C(O)=C2C(=O)C(=O)N(CCN(C)C)[C@H]2c2cccc([N+](=O)[O-])c2)cc1.